The first-order valence-corrected chi connectivity index (χ1v) is 4.34. The summed E-state index contributed by atoms with van der Waals surface area (Å²) < 4.78 is 0. The van der Waals surface area contributed by atoms with E-state index in [4.69, 9.17) is 9.94 Å². The van der Waals surface area contributed by atoms with E-state index < -0.39 is 0 Å². The van der Waals surface area contributed by atoms with E-state index in [-0.39, 0.29) is 11.5 Å². The summed E-state index contributed by atoms with van der Waals surface area (Å²) in [5, 5.41) is 22.1. The van der Waals surface area contributed by atoms with Gasteiger partial charge in [0.2, 0.25) is 0 Å². The average Bonchev–Trinajstić information content (AvgIpc) is 2.18. The Morgan fingerprint density at radius 1 is 1.36 bits per heavy atom. The molecule has 0 amide bonds. The number of phenols is 2. The second-order valence-corrected chi connectivity index (χ2v) is 2.80. The van der Waals surface area contributed by atoms with Crippen molar-refractivity contribution < 1.29 is 15.1 Å². The molecule has 0 fully saturated rings. The van der Waals surface area contributed by atoms with Gasteiger partial charge in [-0.3, -0.25) is 0 Å². The fraction of sp³-hybridized carbons (Fsp3) is 0.300. The van der Waals surface area contributed by atoms with E-state index in [1.54, 1.807) is 13.0 Å². The first kappa shape index (κ1) is 10.4. The molecule has 0 aliphatic carbocycles. The van der Waals surface area contributed by atoms with E-state index >= 15 is 0 Å². The molecular weight excluding hydrogens is 182 g/mol. The minimum absolute atomic E-state index is 0.141. The summed E-state index contributed by atoms with van der Waals surface area (Å²) in [4.78, 5) is 4.86. The molecule has 1 aromatic carbocycles. The lowest BCUT2D eigenvalue weighted by atomic mass is 10.1. The van der Waals surface area contributed by atoms with E-state index in [2.05, 4.69) is 5.16 Å². The minimum Gasteiger partial charge on any atom is -0.504 e. The van der Waals surface area contributed by atoms with E-state index in [9.17, 15) is 5.11 Å². The van der Waals surface area contributed by atoms with Crippen LogP contribution in [0.15, 0.2) is 23.4 Å². The van der Waals surface area contributed by atoms with Gasteiger partial charge in [0, 0.05) is 5.56 Å². The third-order valence-corrected chi connectivity index (χ3v) is 1.72. The van der Waals surface area contributed by atoms with Crippen molar-refractivity contribution in [2.75, 3.05) is 6.61 Å². The summed E-state index contributed by atoms with van der Waals surface area (Å²) >= 11 is 0. The molecule has 1 aromatic rings. The van der Waals surface area contributed by atoms with Crippen LogP contribution < -0.4 is 0 Å². The summed E-state index contributed by atoms with van der Waals surface area (Å²) in [6.07, 6.45) is 0. The highest BCUT2D eigenvalue weighted by Gasteiger charge is 2.03. The standard InChI is InChI=1S/C10H13NO3/c1-3-14-11-7(2)8-4-5-9(12)10(13)6-8/h4-6,12-13H,3H2,1-2H3/b11-7+. The van der Waals surface area contributed by atoms with Crippen molar-refractivity contribution in [2.45, 2.75) is 13.8 Å². The van der Waals surface area contributed by atoms with Crippen molar-refractivity contribution in [3.8, 4) is 11.5 Å². The molecule has 0 heterocycles. The quantitative estimate of drug-likeness (QED) is 0.439. The monoisotopic (exact) mass is 195 g/mol. The normalized spacial score (nSPS) is 11.4. The van der Waals surface area contributed by atoms with Gasteiger partial charge in [0.25, 0.3) is 0 Å². The molecule has 0 aromatic heterocycles. The maximum atomic E-state index is 9.23. The zero-order valence-corrected chi connectivity index (χ0v) is 8.19. The van der Waals surface area contributed by atoms with Crippen molar-refractivity contribution >= 4 is 5.71 Å². The lowest BCUT2D eigenvalue weighted by Gasteiger charge is -2.02. The molecule has 76 valence electrons. The Hall–Kier alpha value is -1.71. The molecule has 0 bridgehead atoms. The number of hydrogen-bond donors (Lipinski definition) is 2. The average molecular weight is 195 g/mol. The highest BCUT2D eigenvalue weighted by Crippen LogP contribution is 2.25. The van der Waals surface area contributed by atoms with Crippen LogP contribution in [0.5, 0.6) is 11.5 Å². The molecular formula is C10H13NO3. The molecule has 4 nitrogen and oxygen atoms in total. The molecule has 1 rings (SSSR count). The van der Waals surface area contributed by atoms with Gasteiger partial charge in [-0.2, -0.15) is 0 Å². The summed E-state index contributed by atoms with van der Waals surface area (Å²) in [5.74, 6) is -0.300. The van der Waals surface area contributed by atoms with Gasteiger partial charge >= 0.3 is 0 Å². The largest absolute Gasteiger partial charge is 0.504 e. The Kier molecular flexibility index (Phi) is 3.34. The van der Waals surface area contributed by atoms with E-state index in [0.29, 0.717) is 17.9 Å². The van der Waals surface area contributed by atoms with Gasteiger partial charge in [0.05, 0.1) is 5.71 Å². The molecule has 14 heavy (non-hydrogen) atoms. The van der Waals surface area contributed by atoms with Gasteiger partial charge in [-0.05, 0) is 32.0 Å². The molecule has 0 saturated carbocycles. The predicted molar refractivity (Wildman–Crippen MR) is 53.6 cm³/mol. The molecule has 0 aliphatic rings. The number of benzene rings is 1. The van der Waals surface area contributed by atoms with Gasteiger partial charge in [-0.25, -0.2) is 0 Å². The Balaban J connectivity index is 2.91. The molecule has 0 aliphatic heterocycles. The zero-order chi connectivity index (χ0) is 10.6. The van der Waals surface area contributed by atoms with Crippen LogP contribution in [0.3, 0.4) is 0 Å². The first-order chi connectivity index (χ1) is 6.65. The van der Waals surface area contributed by atoms with Crippen LogP contribution in [0.25, 0.3) is 0 Å². The third kappa shape index (κ3) is 2.39. The maximum Gasteiger partial charge on any atom is 0.158 e. The van der Waals surface area contributed by atoms with Crippen LogP contribution in [0.1, 0.15) is 19.4 Å². The topological polar surface area (TPSA) is 62.0 Å². The second-order valence-electron chi connectivity index (χ2n) is 2.80. The Morgan fingerprint density at radius 3 is 2.64 bits per heavy atom. The number of rotatable bonds is 3. The highest BCUT2D eigenvalue weighted by molar-refractivity contribution is 5.98. The zero-order valence-electron chi connectivity index (χ0n) is 8.19. The Morgan fingerprint density at radius 2 is 2.07 bits per heavy atom. The highest BCUT2D eigenvalue weighted by atomic mass is 16.6. The van der Waals surface area contributed by atoms with Crippen LogP contribution in [-0.4, -0.2) is 22.5 Å². The molecule has 2 N–H and O–H groups in total. The number of hydrogen-bond acceptors (Lipinski definition) is 4. The van der Waals surface area contributed by atoms with E-state index in [1.165, 1.54) is 12.1 Å². The van der Waals surface area contributed by atoms with Crippen LogP contribution >= 0.6 is 0 Å². The number of oxime groups is 1. The fourth-order valence-electron chi connectivity index (χ4n) is 0.963. The summed E-state index contributed by atoms with van der Waals surface area (Å²) in [6, 6.07) is 4.51. The van der Waals surface area contributed by atoms with E-state index in [1.807, 2.05) is 6.92 Å². The van der Waals surface area contributed by atoms with Crippen molar-refractivity contribution in [1.29, 1.82) is 0 Å². The smallest absolute Gasteiger partial charge is 0.158 e. The second kappa shape index (κ2) is 4.50. The lowest BCUT2D eigenvalue weighted by molar-refractivity contribution is 0.159. The van der Waals surface area contributed by atoms with Gasteiger partial charge in [-0.1, -0.05) is 5.16 Å². The Labute approximate surface area is 82.4 Å². The summed E-state index contributed by atoms with van der Waals surface area (Å²) in [6.45, 7) is 4.11. The first-order valence-electron chi connectivity index (χ1n) is 4.34. The van der Waals surface area contributed by atoms with Crippen LogP contribution in [0.2, 0.25) is 0 Å². The molecule has 0 unspecified atom stereocenters. The molecule has 4 heteroatoms. The molecule has 0 spiro atoms. The van der Waals surface area contributed by atoms with Crippen LogP contribution in [0.4, 0.5) is 0 Å². The van der Waals surface area contributed by atoms with Crippen molar-refractivity contribution in [3.63, 3.8) is 0 Å². The van der Waals surface area contributed by atoms with Gasteiger partial charge < -0.3 is 15.1 Å². The molecule has 0 radical (unpaired) electrons. The molecule has 0 atom stereocenters. The molecule has 0 saturated heterocycles. The van der Waals surface area contributed by atoms with Crippen molar-refractivity contribution in [3.05, 3.63) is 23.8 Å². The number of phenolic OH excluding ortho intramolecular Hbond substituents is 2. The Bertz CT molecular complexity index is 347. The minimum atomic E-state index is -0.159. The van der Waals surface area contributed by atoms with Gasteiger partial charge in [-0.15, -0.1) is 0 Å². The van der Waals surface area contributed by atoms with Gasteiger partial charge in [0.1, 0.15) is 6.61 Å². The van der Waals surface area contributed by atoms with Crippen LogP contribution in [0, 0.1) is 0 Å². The fourth-order valence-corrected chi connectivity index (χ4v) is 0.963. The van der Waals surface area contributed by atoms with Crippen molar-refractivity contribution in [2.24, 2.45) is 5.16 Å². The van der Waals surface area contributed by atoms with Crippen LogP contribution in [-0.2, 0) is 4.84 Å². The predicted octanol–water partition coefficient (Wildman–Crippen LogP) is 1.86. The number of aromatic hydroxyl groups is 2. The van der Waals surface area contributed by atoms with E-state index in [0.717, 1.165) is 0 Å². The van der Waals surface area contributed by atoms with Crippen molar-refractivity contribution in [1.82, 2.24) is 0 Å². The van der Waals surface area contributed by atoms with Gasteiger partial charge in [0.15, 0.2) is 11.5 Å². The third-order valence-electron chi connectivity index (χ3n) is 1.72. The summed E-state index contributed by atoms with van der Waals surface area (Å²) in [5.41, 5.74) is 1.37. The number of nitrogens with zero attached hydrogens (tertiary/aromatic N) is 1. The SMILES string of the molecule is CCO/N=C(\C)c1ccc(O)c(O)c1. The summed E-state index contributed by atoms with van der Waals surface area (Å²) in [7, 11) is 0. The maximum absolute atomic E-state index is 9.23. The lowest BCUT2D eigenvalue weighted by Crippen LogP contribution is -1.95.